The van der Waals surface area contributed by atoms with Crippen molar-refractivity contribution in [3.05, 3.63) is 39.5 Å². The summed E-state index contributed by atoms with van der Waals surface area (Å²) >= 11 is 1.21. The molecule has 0 atom stereocenters. The highest BCUT2D eigenvalue weighted by atomic mass is 32.1. The number of hydrogen-bond donors (Lipinski definition) is 1. The number of amides is 1. The van der Waals surface area contributed by atoms with Gasteiger partial charge in [0, 0.05) is 11.4 Å². The zero-order valence-electron chi connectivity index (χ0n) is 14.3. The number of hydrogen-bond acceptors (Lipinski definition) is 7. The van der Waals surface area contributed by atoms with Crippen LogP contribution in [-0.2, 0) is 27.3 Å². The van der Waals surface area contributed by atoms with Crippen LogP contribution in [0.3, 0.4) is 0 Å². The normalized spacial score (nSPS) is 10.7. The second-order valence-corrected chi connectivity index (χ2v) is 6.47. The van der Waals surface area contributed by atoms with E-state index in [9.17, 15) is 14.4 Å². The van der Waals surface area contributed by atoms with Gasteiger partial charge in [-0.1, -0.05) is 13.8 Å². The number of esters is 1. The van der Waals surface area contributed by atoms with Gasteiger partial charge in [-0.2, -0.15) is 0 Å². The third-order valence-electron chi connectivity index (χ3n) is 3.23. The van der Waals surface area contributed by atoms with Crippen LogP contribution in [0.15, 0.2) is 22.6 Å². The van der Waals surface area contributed by atoms with E-state index >= 15 is 0 Å². The lowest BCUT2D eigenvalue weighted by Crippen LogP contribution is -2.28. The van der Waals surface area contributed by atoms with Crippen molar-refractivity contribution in [2.75, 3.05) is 11.9 Å². The monoisotopic (exact) mass is 364 g/mol. The Bertz CT molecular complexity index is 812. The average molecular weight is 364 g/mol. The Hall–Kier alpha value is -2.55. The van der Waals surface area contributed by atoms with E-state index in [0.717, 1.165) is 0 Å². The summed E-state index contributed by atoms with van der Waals surface area (Å²) in [6.45, 7) is 5.77. The molecule has 0 fully saturated rings. The Balaban J connectivity index is 1.96. The minimum atomic E-state index is -0.391. The van der Waals surface area contributed by atoms with E-state index in [-0.39, 0.29) is 30.4 Å². The molecule has 1 N–H and O–H groups in total. The number of rotatable bonds is 7. The lowest BCUT2D eigenvalue weighted by Gasteiger charge is -2.07. The summed E-state index contributed by atoms with van der Waals surface area (Å²) in [4.78, 5) is 43.8. The molecule has 0 aromatic carbocycles. The van der Waals surface area contributed by atoms with Gasteiger partial charge in [0.25, 0.3) is 5.56 Å². The van der Waals surface area contributed by atoms with Crippen LogP contribution in [-0.4, -0.2) is 33.0 Å². The van der Waals surface area contributed by atoms with Gasteiger partial charge in [-0.15, -0.1) is 11.3 Å². The number of anilines is 1. The second-order valence-electron chi connectivity index (χ2n) is 5.61. The summed E-state index contributed by atoms with van der Waals surface area (Å²) in [5.41, 5.74) is 0.931. The van der Waals surface area contributed by atoms with Crippen molar-refractivity contribution in [1.82, 2.24) is 14.5 Å². The molecule has 0 spiro atoms. The summed E-state index contributed by atoms with van der Waals surface area (Å²) < 4.78 is 6.08. The van der Waals surface area contributed by atoms with Crippen LogP contribution < -0.4 is 10.9 Å². The maximum atomic E-state index is 12.1. The van der Waals surface area contributed by atoms with Crippen molar-refractivity contribution in [3.63, 3.8) is 0 Å². The maximum absolute atomic E-state index is 12.1. The summed E-state index contributed by atoms with van der Waals surface area (Å²) in [5, 5.41) is 4.65. The molecule has 0 bridgehead atoms. The number of aromatic nitrogens is 3. The lowest BCUT2D eigenvalue weighted by molar-refractivity contribution is -0.142. The molecule has 0 aliphatic rings. The van der Waals surface area contributed by atoms with Gasteiger partial charge in [-0.05, 0) is 12.8 Å². The predicted molar refractivity (Wildman–Crippen MR) is 93.7 cm³/mol. The van der Waals surface area contributed by atoms with Gasteiger partial charge in [0.1, 0.15) is 6.54 Å². The molecular weight excluding hydrogens is 344 g/mol. The van der Waals surface area contributed by atoms with Crippen molar-refractivity contribution < 1.29 is 14.3 Å². The lowest BCUT2D eigenvalue weighted by atomic mass is 10.1. The Kier molecular flexibility index (Phi) is 6.40. The first-order chi connectivity index (χ1) is 11.9. The number of ether oxygens (including phenoxy) is 1. The molecule has 0 saturated heterocycles. The molecule has 8 nitrogen and oxygen atoms in total. The highest BCUT2D eigenvalue weighted by Gasteiger charge is 2.12. The summed E-state index contributed by atoms with van der Waals surface area (Å²) in [6.07, 6.45) is 1.42. The number of carbonyl (C=O) groups excluding carboxylic acids is 2. The van der Waals surface area contributed by atoms with E-state index in [2.05, 4.69) is 15.3 Å². The van der Waals surface area contributed by atoms with Gasteiger partial charge >= 0.3 is 5.97 Å². The third-order valence-corrected chi connectivity index (χ3v) is 4.04. The molecule has 0 aliphatic heterocycles. The van der Waals surface area contributed by atoms with Crippen LogP contribution >= 0.6 is 11.3 Å². The first kappa shape index (κ1) is 18.8. The minimum Gasteiger partial charge on any atom is -0.466 e. The van der Waals surface area contributed by atoms with Gasteiger partial charge in [0.05, 0.1) is 30.7 Å². The SMILES string of the molecule is CCOC(=O)Cc1csc(NC(=O)Cn2cnc(C(C)C)cc2=O)n1. The summed E-state index contributed by atoms with van der Waals surface area (Å²) in [7, 11) is 0. The van der Waals surface area contributed by atoms with Crippen LogP contribution in [0.25, 0.3) is 0 Å². The average Bonchev–Trinajstić information content (AvgIpc) is 2.96. The van der Waals surface area contributed by atoms with Crippen LogP contribution in [0.4, 0.5) is 5.13 Å². The van der Waals surface area contributed by atoms with Crippen molar-refractivity contribution in [3.8, 4) is 0 Å². The van der Waals surface area contributed by atoms with E-state index in [1.54, 1.807) is 12.3 Å². The molecule has 2 aromatic rings. The van der Waals surface area contributed by atoms with E-state index in [1.165, 1.54) is 28.3 Å². The standard InChI is InChI=1S/C16H20N4O4S/c1-4-24-15(23)5-11-8-25-16(18-11)19-13(21)7-20-9-17-12(10(2)3)6-14(20)22/h6,8-10H,4-5,7H2,1-3H3,(H,18,19,21). The van der Waals surface area contributed by atoms with Gasteiger partial charge in [0.15, 0.2) is 5.13 Å². The molecule has 0 radical (unpaired) electrons. The quantitative estimate of drug-likeness (QED) is 0.748. The highest BCUT2D eigenvalue weighted by Crippen LogP contribution is 2.16. The summed E-state index contributed by atoms with van der Waals surface area (Å²) in [5.74, 6) is -0.615. The Morgan fingerprint density at radius 3 is 2.80 bits per heavy atom. The molecule has 0 unspecified atom stereocenters. The van der Waals surface area contributed by atoms with Crippen LogP contribution in [0, 0.1) is 0 Å². The van der Waals surface area contributed by atoms with Crippen LogP contribution in [0.1, 0.15) is 38.1 Å². The highest BCUT2D eigenvalue weighted by molar-refractivity contribution is 7.13. The van der Waals surface area contributed by atoms with Crippen LogP contribution in [0.5, 0.6) is 0 Å². The fourth-order valence-electron chi connectivity index (χ4n) is 1.99. The van der Waals surface area contributed by atoms with Gasteiger partial charge in [0.2, 0.25) is 5.91 Å². The Labute approximate surface area is 148 Å². The third kappa shape index (κ3) is 5.49. The van der Waals surface area contributed by atoms with E-state index in [4.69, 9.17) is 4.74 Å². The Morgan fingerprint density at radius 1 is 1.40 bits per heavy atom. The van der Waals surface area contributed by atoms with E-state index < -0.39 is 5.91 Å². The fraction of sp³-hybridized carbons (Fsp3) is 0.438. The zero-order valence-corrected chi connectivity index (χ0v) is 15.1. The van der Waals surface area contributed by atoms with Gasteiger partial charge in [-0.3, -0.25) is 19.0 Å². The second kappa shape index (κ2) is 8.52. The van der Waals surface area contributed by atoms with Gasteiger partial charge in [-0.25, -0.2) is 9.97 Å². The summed E-state index contributed by atoms with van der Waals surface area (Å²) in [6, 6.07) is 1.43. The fourth-order valence-corrected chi connectivity index (χ4v) is 2.72. The predicted octanol–water partition coefficient (Wildman–Crippen LogP) is 1.57. The molecule has 134 valence electrons. The largest absolute Gasteiger partial charge is 0.466 e. The van der Waals surface area contributed by atoms with E-state index in [0.29, 0.717) is 23.1 Å². The van der Waals surface area contributed by atoms with Crippen molar-refractivity contribution in [2.45, 2.75) is 39.7 Å². The molecule has 0 saturated carbocycles. The molecular formula is C16H20N4O4S. The minimum absolute atomic E-state index is 0.0558. The Morgan fingerprint density at radius 2 is 2.16 bits per heavy atom. The van der Waals surface area contributed by atoms with Crippen molar-refractivity contribution >= 4 is 28.3 Å². The molecule has 9 heteroatoms. The number of thiazole rings is 1. The topological polar surface area (TPSA) is 103 Å². The smallest absolute Gasteiger partial charge is 0.311 e. The molecule has 25 heavy (non-hydrogen) atoms. The molecule has 2 heterocycles. The number of nitrogens with one attached hydrogen (secondary N) is 1. The van der Waals surface area contributed by atoms with Crippen molar-refractivity contribution in [1.29, 1.82) is 0 Å². The van der Waals surface area contributed by atoms with Gasteiger partial charge < -0.3 is 10.1 Å². The molecule has 2 rings (SSSR count). The maximum Gasteiger partial charge on any atom is 0.311 e. The van der Waals surface area contributed by atoms with E-state index in [1.807, 2.05) is 13.8 Å². The molecule has 1 amide bonds. The first-order valence-corrected chi connectivity index (χ1v) is 8.73. The van der Waals surface area contributed by atoms with Crippen LogP contribution in [0.2, 0.25) is 0 Å². The molecule has 0 aliphatic carbocycles. The van der Waals surface area contributed by atoms with Crippen molar-refractivity contribution in [2.24, 2.45) is 0 Å². The number of carbonyl (C=O) groups is 2. The molecule has 2 aromatic heterocycles. The first-order valence-electron chi connectivity index (χ1n) is 7.85. The zero-order chi connectivity index (χ0) is 18.4. The number of nitrogens with zero attached hydrogens (tertiary/aromatic N) is 3.